The van der Waals surface area contributed by atoms with Gasteiger partial charge >= 0.3 is 0 Å². The second-order valence-corrected chi connectivity index (χ2v) is 6.96. The van der Waals surface area contributed by atoms with Crippen LogP contribution in [0.4, 0.5) is 20.2 Å². The van der Waals surface area contributed by atoms with Gasteiger partial charge in [-0.1, -0.05) is 0 Å². The third-order valence-corrected chi connectivity index (χ3v) is 4.72. The summed E-state index contributed by atoms with van der Waals surface area (Å²) < 4.78 is 27.1. The van der Waals surface area contributed by atoms with E-state index in [2.05, 4.69) is 10.6 Å². The van der Waals surface area contributed by atoms with E-state index in [1.807, 2.05) is 0 Å². The average Bonchev–Trinajstić information content (AvgIpc) is 2.70. The number of likely N-dealkylation sites (tertiary alicyclic amines) is 1. The van der Waals surface area contributed by atoms with Crippen LogP contribution in [0.5, 0.6) is 0 Å². The van der Waals surface area contributed by atoms with Gasteiger partial charge in [0.05, 0.1) is 11.6 Å². The van der Waals surface area contributed by atoms with Crippen molar-refractivity contribution in [2.75, 3.05) is 23.7 Å². The molecule has 152 valence electrons. The van der Waals surface area contributed by atoms with Crippen LogP contribution in [0.25, 0.3) is 0 Å². The zero-order valence-electron chi connectivity index (χ0n) is 15.9. The Bertz CT molecular complexity index is 931. The van der Waals surface area contributed by atoms with E-state index in [1.54, 1.807) is 4.90 Å². The van der Waals surface area contributed by atoms with Crippen molar-refractivity contribution in [3.63, 3.8) is 0 Å². The molecule has 0 saturated carbocycles. The molecular weight excluding hydrogens is 380 g/mol. The van der Waals surface area contributed by atoms with Gasteiger partial charge in [-0.2, -0.15) is 0 Å². The summed E-state index contributed by atoms with van der Waals surface area (Å²) in [6.45, 7) is 2.01. The minimum absolute atomic E-state index is 0.0387. The maximum atomic E-state index is 14.1. The number of rotatable bonds is 4. The maximum absolute atomic E-state index is 14.1. The summed E-state index contributed by atoms with van der Waals surface area (Å²) in [5.41, 5.74) is 0.677. The van der Waals surface area contributed by atoms with Crippen LogP contribution in [0.1, 0.15) is 30.1 Å². The van der Waals surface area contributed by atoms with Crippen molar-refractivity contribution in [3.05, 3.63) is 59.7 Å². The van der Waals surface area contributed by atoms with Gasteiger partial charge in [-0.15, -0.1) is 0 Å². The van der Waals surface area contributed by atoms with Crippen LogP contribution in [-0.2, 0) is 9.59 Å². The molecule has 1 unspecified atom stereocenters. The van der Waals surface area contributed by atoms with Crippen LogP contribution in [0.3, 0.4) is 0 Å². The predicted octanol–water partition coefficient (Wildman–Crippen LogP) is 3.41. The minimum atomic E-state index is -0.623. The molecule has 3 amide bonds. The van der Waals surface area contributed by atoms with Crippen LogP contribution in [-0.4, -0.2) is 35.7 Å². The fourth-order valence-electron chi connectivity index (χ4n) is 3.29. The Morgan fingerprint density at radius 2 is 1.76 bits per heavy atom. The first-order valence-corrected chi connectivity index (χ1v) is 9.26. The number of hydrogen-bond acceptors (Lipinski definition) is 3. The highest BCUT2D eigenvalue weighted by molar-refractivity contribution is 5.97. The lowest BCUT2D eigenvalue weighted by atomic mass is 9.96. The number of carbonyl (C=O) groups excluding carboxylic acids is 3. The molecule has 1 heterocycles. The van der Waals surface area contributed by atoms with E-state index in [4.69, 9.17) is 0 Å². The molecule has 0 aliphatic carbocycles. The first-order chi connectivity index (χ1) is 13.8. The highest BCUT2D eigenvalue weighted by atomic mass is 19.1. The van der Waals surface area contributed by atoms with Gasteiger partial charge < -0.3 is 15.5 Å². The SMILES string of the molecule is CC(=O)Nc1ccc(F)c(NC(=O)C2CCCN(C(=O)c3ccc(F)cc3)C2)c1. The number of nitrogens with zero attached hydrogens (tertiary/aromatic N) is 1. The Labute approximate surface area is 166 Å². The average molecular weight is 401 g/mol. The van der Waals surface area contributed by atoms with Crippen LogP contribution in [0.2, 0.25) is 0 Å². The van der Waals surface area contributed by atoms with Crippen LogP contribution in [0.15, 0.2) is 42.5 Å². The number of anilines is 2. The molecule has 3 rings (SSSR count). The largest absolute Gasteiger partial charge is 0.338 e. The summed E-state index contributed by atoms with van der Waals surface area (Å²) >= 11 is 0. The molecule has 1 saturated heterocycles. The molecule has 0 spiro atoms. The lowest BCUT2D eigenvalue weighted by Crippen LogP contribution is -2.43. The quantitative estimate of drug-likeness (QED) is 0.824. The van der Waals surface area contributed by atoms with Gasteiger partial charge in [0.2, 0.25) is 11.8 Å². The molecule has 1 aliphatic heterocycles. The summed E-state index contributed by atoms with van der Waals surface area (Å²) in [7, 11) is 0. The van der Waals surface area contributed by atoms with Crippen molar-refractivity contribution >= 4 is 29.1 Å². The molecule has 2 aromatic rings. The van der Waals surface area contributed by atoms with Gasteiger partial charge in [0.1, 0.15) is 11.6 Å². The summed E-state index contributed by atoms with van der Waals surface area (Å²) in [6.07, 6.45) is 1.19. The highest BCUT2D eigenvalue weighted by Gasteiger charge is 2.29. The molecular formula is C21H21F2N3O3. The van der Waals surface area contributed by atoms with Gasteiger partial charge in [0, 0.05) is 31.3 Å². The Hall–Kier alpha value is -3.29. The standard InChI is InChI=1S/C21H21F2N3O3/c1-13(27)24-17-8-9-18(23)19(11-17)25-20(28)15-3-2-10-26(12-15)21(29)14-4-6-16(22)7-5-14/h4-9,11,15H,2-3,10,12H2,1H3,(H,24,27)(H,25,28). The van der Waals surface area contributed by atoms with E-state index in [0.29, 0.717) is 30.6 Å². The van der Waals surface area contributed by atoms with E-state index in [-0.39, 0.29) is 24.0 Å². The fraction of sp³-hybridized carbons (Fsp3) is 0.286. The second kappa shape index (κ2) is 8.81. The number of hydrogen-bond donors (Lipinski definition) is 2. The van der Waals surface area contributed by atoms with Gasteiger partial charge in [0.15, 0.2) is 0 Å². The summed E-state index contributed by atoms with van der Waals surface area (Å²) in [4.78, 5) is 38.0. The summed E-state index contributed by atoms with van der Waals surface area (Å²) in [6, 6.07) is 9.15. The first-order valence-electron chi connectivity index (χ1n) is 9.26. The van der Waals surface area contributed by atoms with E-state index >= 15 is 0 Å². The lowest BCUT2D eigenvalue weighted by molar-refractivity contribution is -0.121. The van der Waals surface area contributed by atoms with Crippen molar-refractivity contribution < 1.29 is 23.2 Å². The van der Waals surface area contributed by atoms with Crippen LogP contribution < -0.4 is 10.6 Å². The predicted molar refractivity (Wildman–Crippen MR) is 104 cm³/mol. The number of amides is 3. The normalized spacial score (nSPS) is 16.2. The topological polar surface area (TPSA) is 78.5 Å². The molecule has 1 atom stereocenters. The van der Waals surface area contributed by atoms with Crippen molar-refractivity contribution in [1.82, 2.24) is 4.90 Å². The first kappa shape index (κ1) is 20.4. The third kappa shape index (κ3) is 5.16. The second-order valence-electron chi connectivity index (χ2n) is 6.96. The highest BCUT2D eigenvalue weighted by Crippen LogP contribution is 2.24. The van der Waals surface area contributed by atoms with Crippen molar-refractivity contribution in [1.29, 1.82) is 0 Å². The molecule has 8 heteroatoms. The molecule has 29 heavy (non-hydrogen) atoms. The molecule has 1 fully saturated rings. The van der Waals surface area contributed by atoms with E-state index in [9.17, 15) is 23.2 Å². The van der Waals surface area contributed by atoms with Crippen LogP contribution >= 0.6 is 0 Å². The molecule has 1 aliphatic rings. The van der Waals surface area contributed by atoms with Crippen molar-refractivity contribution in [2.24, 2.45) is 5.92 Å². The molecule has 0 aromatic heterocycles. The molecule has 0 bridgehead atoms. The number of piperidine rings is 1. The maximum Gasteiger partial charge on any atom is 0.253 e. The summed E-state index contributed by atoms with van der Waals surface area (Å²) in [5.74, 6) is -2.54. The number of halogens is 2. The third-order valence-electron chi connectivity index (χ3n) is 4.72. The van der Waals surface area contributed by atoms with Gasteiger partial charge in [-0.3, -0.25) is 14.4 Å². The van der Waals surface area contributed by atoms with E-state index < -0.39 is 23.5 Å². The van der Waals surface area contributed by atoms with E-state index in [0.717, 1.165) is 6.07 Å². The zero-order valence-corrected chi connectivity index (χ0v) is 15.9. The monoisotopic (exact) mass is 401 g/mol. The van der Waals surface area contributed by atoms with Crippen LogP contribution in [0, 0.1) is 17.6 Å². The fourth-order valence-corrected chi connectivity index (χ4v) is 3.29. The molecule has 0 radical (unpaired) electrons. The Balaban J connectivity index is 1.67. The number of nitrogens with one attached hydrogen (secondary N) is 2. The molecule has 6 nitrogen and oxygen atoms in total. The van der Waals surface area contributed by atoms with Gasteiger partial charge in [0.25, 0.3) is 5.91 Å². The van der Waals surface area contributed by atoms with Crippen molar-refractivity contribution in [2.45, 2.75) is 19.8 Å². The van der Waals surface area contributed by atoms with Gasteiger partial charge in [-0.25, -0.2) is 8.78 Å². The van der Waals surface area contributed by atoms with E-state index in [1.165, 1.54) is 43.3 Å². The Kier molecular flexibility index (Phi) is 6.21. The van der Waals surface area contributed by atoms with Gasteiger partial charge in [-0.05, 0) is 55.3 Å². The minimum Gasteiger partial charge on any atom is -0.338 e. The zero-order chi connectivity index (χ0) is 21.0. The number of benzene rings is 2. The molecule has 2 N–H and O–H groups in total. The molecule has 2 aromatic carbocycles. The smallest absolute Gasteiger partial charge is 0.253 e. The Morgan fingerprint density at radius 3 is 2.45 bits per heavy atom. The Morgan fingerprint density at radius 1 is 1.03 bits per heavy atom. The van der Waals surface area contributed by atoms with Crippen molar-refractivity contribution in [3.8, 4) is 0 Å². The number of carbonyl (C=O) groups is 3. The summed E-state index contributed by atoms with van der Waals surface area (Å²) in [5, 5.41) is 5.08. The lowest BCUT2D eigenvalue weighted by Gasteiger charge is -2.32.